The van der Waals surface area contributed by atoms with Crippen molar-refractivity contribution in [2.24, 2.45) is 35.5 Å². The molecule has 7 amide bonds. The van der Waals surface area contributed by atoms with Crippen molar-refractivity contribution in [2.45, 2.75) is 234 Å². The molecule has 1 rings (SSSR count). The summed E-state index contributed by atoms with van der Waals surface area (Å²) >= 11 is 0. The lowest BCUT2D eigenvalue weighted by Gasteiger charge is -2.29. The van der Waals surface area contributed by atoms with Gasteiger partial charge in [0.2, 0.25) is 41.4 Å². The van der Waals surface area contributed by atoms with Crippen molar-refractivity contribution in [2.75, 3.05) is 7.11 Å². The summed E-state index contributed by atoms with van der Waals surface area (Å²) in [6, 6.07) is -9.48. The number of amides is 7. The van der Waals surface area contributed by atoms with Gasteiger partial charge in [-0.1, -0.05) is 122 Å². The number of methoxy groups -OCH3 is 1. The van der Waals surface area contributed by atoms with Crippen LogP contribution in [0.5, 0.6) is 0 Å². The minimum atomic E-state index is -1.72. The van der Waals surface area contributed by atoms with Crippen LogP contribution in [0.4, 0.5) is 0 Å². The molecule has 0 spiro atoms. The first kappa shape index (κ1) is 65.7. The number of hydrogen-bond donors (Lipinski definition) is 8. The third-order valence-corrected chi connectivity index (χ3v) is 12.7. The van der Waals surface area contributed by atoms with E-state index in [4.69, 9.17) is 9.47 Å². The van der Waals surface area contributed by atoms with E-state index in [1.807, 2.05) is 41.5 Å². The number of aliphatic carboxylic acids is 1. The SMILES string of the molecule is CCC(C)CCCCCCCC1CC(=O)N[C@@H](CCC(=O)OC)C(=O)NC(CC(C)C)C(=O)N[C@H](CC(C)C)C(=O)N[C@@H](C(C)C)C(=O)NC(CC(=O)O)C(=O)N[C@H](CC(C)C)C(=O)NC(CC(C)C)C(=O)O1. The average molecular weight is 1040 g/mol. The fourth-order valence-electron chi connectivity index (χ4n) is 8.46. The van der Waals surface area contributed by atoms with Crippen molar-refractivity contribution in [3.05, 3.63) is 0 Å². The van der Waals surface area contributed by atoms with Gasteiger partial charge in [-0.15, -0.1) is 0 Å². The normalized spacial score (nSPS) is 24.4. The number of hydrogen-bond acceptors (Lipinski definition) is 12. The van der Waals surface area contributed by atoms with Crippen molar-refractivity contribution in [3.63, 3.8) is 0 Å². The summed E-state index contributed by atoms with van der Waals surface area (Å²) in [6.45, 7) is 22.1. The van der Waals surface area contributed by atoms with Gasteiger partial charge in [0.1, 0.15) is 48.4 Å². The maximum Gasteiger partial charge on any atom is 0.328 e. The Balaban J connectivity index is 4.01. The first-order valence-corrected chi connectivity index (χ1v) is 26.8. The van der Waals surface area contributed by atoms with Crippen LogP contribution in [0.25, 0.3) is 0 Å². The summed E-state index contributed by atoms with van der Waals surface area (Å²) in [5.41, 5.74) is 0. The van der Waals surface area contributed by atoms with Crippen LogP contribution < -0.4 is 37.2 Å². The Morgan fingerprint density at radius 3 is 1.44 bits per heavy atom. The zero-order chi connectivity index (χ0) is 55.5. The molecule has 1 aliphatic rings. The van der Waals surface area contributed by atoms with E-state index in [1.54, 1.807) is 27.7 Å². The zero-order valence-electron chi connectivity index (χ0n) is 46.2. The highest BCUT2D eigenvalue weighted by molar-refractivity contribution is 5.98. The molecule has 0 aromatic carbocycles. The number of unbranched alkanes of at least 4 members (excludes halogenated alkanes) is 4. The summed E-state index contributed by atoms with van der Waals surface area (Å²) in [4.78, 5) is 138. The van der Waals surface area contributed by atoms with Gasteiger partial charge < -0.3 is 51.8 Å². The van der Waals surface area contributed by atoms with Crippen molar-refractivity contribution < 1.29 is 62.5 Å². The maximum atomic E-state index is 14.2. The molecule has 0 saturated carbocycles. The molecule has 1 saturated heterocycles. The topological polar surface area (TPSA) is 294 Å². The van der Waals surface area contributed by atoms with E-state index in [0.717, 1.165) is 38.5 Å². The van der Waals surface area contributed by atoms with E-state index in [-0.39, 0.29) is 68.6 Å². The second-order valence-corrected chi connectivity index (χ2v) is 22.0. The van der Waals surface area contributed by atoms with Crippen molar-refractivity contribution in [1.29, 1.82) is 0 Å². The number of cyclic esters (lactones) is 1. The lowest BCUT2D eigenvalue weighted by atomic mass is 9.98. The predicted octanol–water partition coefficient (Wildman–Crippen LogP) is 4.74. The van der Waals surface area contributed by atoms with Gasteiger partial charge in [0.25, 0.3) is 0 Å². The Kier molecular flexibility index (Phi) is 30.8. The molecule has 73 heavy (non-hydrogen) atoms. The number of ether oxygens (including phenoxy) is 2. The van der Waals surface area contributed by atoms with Gasteiger partial charge in [-0.3, -0.25) is 43.2 Å². The van der Waals surface area contributed by atoms with E-state index in [1.165, 1.54) is 7.11 Å². The van der Waals surface area contributed by atoms with Gasteiger partial charge in [0, 0.05) is 6.42 Å². The number of carbonyl (C=O) groups excluding carboxylic acids is 9. The third kappa shape index (κ3) is 27.0. The summed E-state index contributed by atoms with van der Waals surface area (Å²) < 4.78 is 10.9. The highest BCUT2D eigenvalue weighted by Gasteiger charge is 2.37. The quantitative estimate of drug-likeness (QED) is 0.0508. The molecule has 8 N–H and O–H groups in total. The van der Waals surface area contributed by atoms with E-state index < -0.39 is 126 Å². The molecule has 9 atom stereocenters. The molecule has 20 heteroatoms. The predicted molar refractivity (Wildman–Crippen MR) is 276 cm³/mol. The Labute approximate surface area is 434 Å². The fourth-order valence-corrected chi connectivity index (χ4v) is 8.46. The molecular weight excluding hydrogens is 943 g/mol. The van der Waals surface area contributed by atoms with Crippen LogP contribution in [0.1, 0.15) is 186 Å². The van der Waals surface area contributed by atoms with Gasteiger partial charge in [0.15, 0.2) is 0 Å². The number of rotatable bonds is 23. The van der Waals surface area contributed by atoms with Crippen molar-refractivity contribution in [3.8, 4) is 0 Å². The van der Waals surface area contributed by atoms with Crippen LogP contribution in [-0.4, -0.2) is 120 Å². The van der Waals surface area contributed by atoms with E-state index in [0.29, 0.717) is 12.3 Å². The van der Waals surface area contributed by atoms with Gasteiger partial charge in [0.05, 0.1) is 20.0 Å². The molecule has 0 bridgehead atoms. The molecule has 0 aromatic rings. The van der Waals surface area contributed by atoms with Gasteiger partial charge in [-0.25, -0.2) is 4.79 Å². The van der Waals surface area contributed by atoms with E-state index in [2.05, 4.69) is 51.1 Å². The standard InChI is InChI=1S/C53H93N7O13/c1-14-35(12)20-18-16-15-17-19-21-36-28-43(61)54-37(22-23-45(64)72-13)47(65)55-38(24-30(2)3)48(66)57-40(26-32(6)7)51(69)60-46(34(10)11)52(70)58-41(29-44(62)63)50(68)56-39(25-31(4)5)49(67)59-42(27-33(8)9)53(71)73-36/h30-42,46H,14-29H2,1-13H3,(H,54,61)(H,55,65)(H,56,68)(H,57,66)(H,58,70)(H,59,67)(H,60,69)(H,62,63)/t35?,36?,37-,38?,39+,40+,41?,42?,46-/m0/s1. The van der Waals surface area contributed by atoms with Crippen LogP contribution in [-0.2, 0) is 57.4 Å². The van der Waals surface area contributed by atoms with Crippen LogP contribution >= 0.6 is 0 Å². The highest BCUT2D eigenvalue weighted by Crippen LogP contribution is 2.19. The molecule has 418 valence electrons. The summed E-state index contributed by atoms with van der Waals surface area (Å²) in [5.74, 6) is -9.32. The largest absolute Gasteiger partial charge is 0.481 e. The van der Waals surface area contributed by atoms with Crippen LogP contribution in [0, 0.1) is 35.5 Å². The number of carbonyl (C=O) groups is 10. The molecular formula is C53H93N7O13. The number of carboxylic acid groups (broad SMARTS) is 1. The average Bonchev–Trinajstić information content (AvgIpc) is 3.28. The first-order chi connectivity index (χ1) is 34.2. The maximum absolute atomic E-state index is 14.2. The molecule has 1 aliphatic heterocycles. The fraction of sp³-hybridized carbons (Fsp3) is 0.811. The lowest BCUT2D eigenvalue weighted by molar-refractivity contribution is -0.155. The minimum Gasteiger partial charge on any atom is -0.481 e. The van der Waals surface area contributed by atoms with E-state index >= 15 is 0 Å². The smallest absolute Gasteiger partial charge is 0.328 e. The van der Waals surface area contributed by atoms with Gasteiger partial charge in [-0.05, 0) is 80.5 Å². The molecule has 0 aromatic heterocycles. The summed E-state index contributed by atoms with van der Waals surface area (Å²) in [5, 5.41) is 28.5. The Hall–Kier alpha value is -5.30. The number of nitrogens with one attached hydrogen (secondary N) is 7. The van der Waals surface area contributed by atoms with Crippen molar-refractivity contribution >= 4 is 59.3 Å². The summed E-state index contributed by atoms with van der Waals surface area (Å²) in [7, 11) is 1.18. The number of esters is 2. The Morgan fingerprint density at radius 2 is 0.973 bits per heavy atom. The van der Waals surface area contributed by atoms with Gasteiger partial charge in [-0.2, -0.15) is 0 Å². The van der Waals surface area contributed by atoms with Crippen LogP contribution in [0.3, 0.4) is 0 Å². The monoisotopic (exact) mass is 1040 g/mol. The van der Waals surface area contributed by atoms with Crippen molar-refractivity contribution in [1.82, 2.24) is 37.2 Å². The molecule has 5 unspecified atom stereocenters. The van der Waals surface area contributed by atoms with E-state index in [9.17, 15) is 53.1 Å². The van der Waals surface area contributed by atoms with Crippen LogP contribution in [0.15, 0.2) is 0 Å². The Bertz CT molecular complexity index is 1810. The second kappa shape index (κ2) is 34.2. The lowest BCUT2D eigenvalue weighted by Crippen LogP contribution is -2.61. The minimum absolute atomic E-state index is 0.0469. The van der Waals surface area contributed by atoms with Crippen LogP contribution in [0.2, 0.25) is 0 Å². The Morgan fingerprint density at radius 1 is 0.548 bits per heavy atom. The third-order valence-electron chi connectivity index (χ3n) is 12.7. The second-order valence-electron chi connectivity index (χ2n) is 22.0. The molecule has 20 nitrogen and oxygen atoms in total. The highest BCUT2D eigenvalue weighted by atomic mass is 16.5. The zero-order valence-corrected chi connectivity index (χ0v) is 46.2. The molecule has 1 fully saturated rings. The number of carboxylic acids is 1. The molecule has 0 aliphatic carbocycles. The molecule has 1 heterocycles. The first-order valence-electron chi connectivity index (χ1n) is 26.8. The molecule has 0 radical (unpaired) electrons. The van der Waals surface area contributed by atoms with Gasteiger partial charge >= 0.3 is 17.9 Å². The summed E-state index contributed by atoms with van der Waals surface area (Å²) in [6.07, 6.45) is 4.35.